The molecule has 1 rings (SSSR count). The predicted octanol–water partition coefficient (Wildman–Crippen LogP) is 1.08. The number of nitrogens with two attached hydrogens (primary N) is 1. The van der Waals surface area contributed by atoms with Crippen LogP contribution in [0.3, 0.4) is 0 Å². The number of halogens is 2. The maximum Gasteiger partial charge on any atom is 0.282 e. The molecule has 0 bridgehead atoms. The van der Waals surface area contributed by atoms with E-state index in [2.05, 4.69) is 10.5 Å². The molecule has 0 saturated carbocycles. The van der Waals surface area contributed by atoms with Crippen LogP contribution in [-0.4, -0.2) is 35.2 Å². The first kappa shape index (κ1) is 15.3. The number of amidine groups is 1. The number of hydrogen-bond acceptors (Lipinski definition) is 4. The summed E-state index contributed by atoms with van der Waals surface area (Å²) in [5.41, 5.74) is 6.14. The van der Waals surface area contributed by atoms with Crippen LogP contribution in [0.4, 0.5) is 8.78 Å². The van der Waals surface area contributed by atoms with Gasteiger partial charge in [0.1, 0.15) is 12.4 Å². The monoisotopic (exact) mass is 273 g/mol. The van der Waals surface area contributed by atoms with Crippen molar-refractivity contribution in [1.29, 1.82) is 0 Å². The third-order valence-electron chi connectivity index (χ3n) is 2.58. The van der Waals surface area contributed by atoms with Crippen molar-refractivity contribution in [2.24, 2.45) is 10.9 Å². The summed E-state index contributed by atoms with van der Waals surface area (Å²) in [5.74, 6) is -3.27. The zero-order chi connectivity index (χ0) is 14.3. The highest BCUT2D eigenvalue weighted by Crippen LogP contribution is 2.19. The summed E-state index contributed by atoms with van der Waals surface area (Å²) >= 11 is 0. The molecule has 0 aliphatic heterocycles. The molecular weight excluding hydrogens is 256 g/mol. The number of rotatable bonds is 7. The lowest BCUT2D eigenvalue weighted by molar-refractivity contribution is -0.0492. The SMILES string of the molecule is N/C(CC(NCC(F)(F)CO)c1ccccc1)=N/O. The summed E-state index contributed by atoms with van der Waals surface area (Å²) in [6.45, 7) is -1.92. The minimum absolute atomic E-state index is 0.0614. The lowest BCUT2D eigenvalue weighted by Crippen LogP contribution is -2.39. The van der Waals surface area contributed by atoms with E-state index in [1.807, 2.05) is 0 Å². The second-order valence-corrected chi connectivity index (χ2v) is 4.15. The van der Waals surface area contributed by atoms with Crippen molar-refractivity contribution < 1.29 is 19.1 Å². The standard InChI is InChI=1S/C12H17F2N3O2/c13-12(14,8-18)7-16-10(6-11(15)17-19)9-4-2-1-3-5-9/h1-5,10,16,18-19H,6-8H2,(H2,15,17). The summed E-state index contributed by atoms with van der Waals surface area (Å²) in [6.07, 6.45) is 0.0853. The van der Waals surface area contributed by atoms with Crippen LogP contribution in [0.5, 0.6) is 0 Å². The second kappa shape index (κ2) is 7.01. The van der Waals surface area contributed by atoms with E-state index in [0.29, 0.717) is 0 Å². The Bertz CT molecular complexity index is 413. The van der Waals surface area contributed by atoms with E-state index in [1.54, 1.807) is 30.3 Å². The van der Waals surface area contributed by atoms with E-state index < -0.39 is 25.1 Å². The molecule has 1 atom stereocenters. The number of nitrogens with one attached hydrogen (secondary N) is 1. The minimum atomic E-state index is -3.21. The minimum Gasteiger partial charge on any atom is -0.409 e. The number of benzene rings is 1. The van der Waals surface area contributed by atoms with Gasteiger partial charge in [-0.2, -0.15) is 0 Å². The Hall–Kier alpha value is -1.73. The van der Waals surface area contributed by atoms with Crippen molar-refractivity contribution in [3.8, 4) is 0 Å². The fourth-order valence-corrected chi connectivity index (χ4v) is 1.57. The van der Waals surface area contributed by atoms with Crippen molar-refractivity contribution in [1.82, 2.24) is 5.32 Å². The van der Waals surface area contributed by atoms with Crippen LogP contribution in [0.15, 0.2) is 35.5 Å². The molecule has 1 aromatic carbocycles. The molecule has 5 nitrogen and oxygen atoms in total. The van der Waals surface area contributed by atoms with Crippen LogP contribution < -0.4 is 11.1 Å². The van der Waals surface area contributed by atoms with E-state index in [9.17, 15) is 8.78 Å². The van der Waals surface area contributed by atoms with Gasteiger partial charge in [-0.3, -0.25) is 0 Å². The first-order valence-electron chi connectivity index (χ1n) is 5.72. The summed E-state index contributed by atoms with van der Waals surface area (Å²) in [5, 5.41) is 22.5. The topological polar surface area (TPSA) is 90.9 Å². The highest BCUT2D eigenvalue weighted by Gasteiger charge is 2.29. The highest BCUT2D eigenvalue weighted by atomic mass is 19.3. The Morgan fingerprint density at radius 1 is 1.37 bits per heavy atom. The van der Waals surface area contributed by atoms with E-state index in [4.69, 9.17) is 16.0 Å². The molecule has 7 heteroatoms. The maximum absolute atomic E-state index is 13.0. The third-order valence-corrected chi connectivity index (χ3v) is 2.58. The zero-order valence-corrected chi connectivity index (χ0v) is 10.3. The van der Waals surface area contributed by atoms with E-state index in [0.717, 1.165) is 5.56 Å². The summed E-state index contributed by atoms with van der Waals surface area (Å²) in [6, 6.07) is 8.31. The number of aliphatic hydroxyl groups is 1. The van der Waals surface area contributed by atoms with Gasteiger partial charge in [-0.25, -0.2) is 8.78 Å². The van der Waals surface area contributed by atoms with Gasteiger partial charge in [0.25, 0.3) is 5.92 Å². The molecular formula is C12H17F2N3O2. The molecule has 0 aromatic heterocycles. The van der Waals surface area contributed by atoms with Crippen molar-refractivity contribution in [3.63, 3.8) is 0 Å². The van der Waals surface area contributed by atoms with E-state index in [1.165, 1.54) is 0 Å². The molecule has 0 radical (unpaired) electrons. The number of hydrogen-bond donors (Lipinski definition) is 4. The van der Waals surface area contributed by atoms with Gasteiger partial charge in [-0.05, 0) is 5.56 Å². The summed E-state index contributed by atoms with van der Waals surface area (Å²) in [4.78, 5) is 0. The van der Waals surface area contributed by atoms with Gasteiger partial charge >= 0.3 is 0 Å². The number of aliphatic hydroxyl groups excluding tert-OH is 1. The molecule has 0 spiro atoms. The number of alkyl halides is 2. The third kappa shape index (κ3) is 5.19. The van der Waals surface area contributed by atoms with Crippen molar-refractivity contribution in [3.05, 3.63) is 35.9 Å². The van der Waals surface area contributed by atoms with Crippen LogP contribution in [0.25, 0.3) is 0 Å². The molecule has 106 valence electrons. The fraction of sp³-hybridized carbons (Fsp3) is 0.417. The van der Waals surface area contributed by atoms with Gasteiger partial charge in [-0.1, -0.05) is 35.5 Å². The quantitative estimate of drug-likeness (QED) is 0.259. The first-order valence-corrected chi connectivity index (χ1v) is 5.72. The Morgan fingerprint density at radius 3 is 2.53 bits per heavy atom. The lowest BCUT2D eigenvalue weighted by atomic mass is 10.0. The van der Waals surface area contributed by atoms with Gasteiger partial charge < -0.3 is 21.4 Å². The molecule has 19 heavy (non-hydrogen) atoms. The smallest absolute Gasteiger partial charge is 0.282 e. The molecule has 5 N–H and O–H groups in total. The molecule has 0 heterocycles. The Kier molecular flexibility index (Phi) is 5.65. The van der Waals surface area contributed by atoms with Crippen LogP contribution in [0.1, 0.15) is 18.0 Å². The van der Waals surface area contributed by atoms with Gasteiger partial charge in [0.2, 0.25) is 0 Å². The normalized spacial score (nSPS) is 14.4. The lowest BCUT2D eigenvalue weighted by Gasteiger charge is -2.22. The van der Waals surface area contributed by atoms with Gasteiger partial charge in [0.15, 0.2) is 0 Å². The second-order valence-electron chi connectivity index (χ2n) is 4.15. The van der Waals surface area contributed by atoms with Gasteiger partial charge in [0.05, 0.1) is 6.54 Å². The van der Waals surface area contributed by atoms with Crippen molar-refractivity contribution in [2.45, 2.75) is 18.4 Å². The summed E-state index contributed by atoms with van der Waals surface area (Å²) in [7, 11) is 0. The molecule has 0 saturated heterocycles. The number of oxime groups is 1. The maximum atomic E-state index is 13.0. The largest absolute Gasteiger partial charge is 0.409 e. The fourth-order valence-electron chi connectivity index (χ4n) is 1.57. The molecule has 0 aliphatic carbocycles. The predicted molar refractivity (Wildman–Crippen MR) is 67.2 cm³/mol. The van der Waals surface area contributed by atoms with Crippen molar-refractivity contribution in [2.75, 3.05) is 13.2 Å². The Morgan fingerprint density at radius 2 is 2.00 bits per heavy atom. The van der Waals surface area contributed by atoms with Crippen molar-refractivity contribution >= 4 is 5.84 Å². The molecule has 1 unspecified atom stereocenters. The zero-order valence-electron chi connectivity index (χ0n) is 10.3. The summed E-state index contributed by atoms with van der Waals surface area (Å²) < 4.78 is 26.0. The van der Waals surface area contributed by atoms with Crippen LogP contribution >= 0.6 is 0 Å². The Labute approximate surface area is 109 Å². The highest BCUT2D eigenvalue weighted by molar-refractivity contribution is 5.80. The molecule has 0 aliphatic rings. The Balaban J connectivity index is 2.76. The molecule has 0 amide bonds. The van der Waals surface area contributed by atoms with Crippen LogP contribution in [0.2, 0.25) is 0 Å². The van der Waals surface area contributed by atoms with Crippen LogP contribution in [0, 0.1) is 0 Å². The van der Waals surface area contributed by atoms with E-state index in [-0.39, 0.29) is 12.3 Å². The molecule has 0 fully saturated rings. The molecule has 1 aromatic rings. The van der Waals surface area contributed by atoms with Crippen LogP contribution in [-0.2, 0) is 0 Å². The van der Waals surface area contributed by atoms with Gasteiger partial charge in [0, 0.05) is 12.5 Å². The number of nitrogens with zero attached hydrogens (tertiary/aromatic N) is 1. The first-order chi connectivity index (χ1) is 8.98. The average molecular weight is 273 g/mol. The average Bonchev–Trinajstić information content (AvgIpc) is 2.44. The van der Waals surface area contributed by atoms with Gasteiger partial charge in [-0.15, -0.1) is 0 Å². The van der Waals surface area contributed by atoms with E-state index >= 15 is 0 Å².